The van der Waals surface area contributed by atoms with Crippen molar-refractivity contribution in [1.29, 1.82) is 0 Å². The summed E-state index contributed by atoms with van der Waals surface area (Å²) in [7, 11) is 1.85. The second-order valence-electron chi connectivity index (χ2n) is 7.11. The van der Waals surface area contributed by atoms with Crippen LogP contribution in [-0.4, -0.2) is 37.5 Å². The highest BCUT2D eigenvalue weighted by Gasteiger charge is 2.21. The Labute approximate surface area is 154 Å². The zero-order valence-corrected chi connectivity index (χ0v) is 15.1. The molecule has 0 unspecified atom stereocenters. The Morgan fingerprint density at radius 3 is 2.81 bits per heavy atom. The lowest BCUT2D eigenvalue weighted by atomic mass is 10.0. The number of fused-ring (bicyclic) bond motifs is 2. The largest absolute Gasteiger partial charge is 0.507 e. The minimum atomic E-state index is -0.0267. The van der Waals surface area contributed by atoms with Crippen LogP contribution in [-0.2, 0) is 7.05 Å². The van der Waals surface area contributed by atoms with Crippen molar-refractivity contribution < 1.29 is 5.11 Å². The van der Waals surface area contributed by atoms with Crippen LogP contribution in [0.25, 0.3) is 33.1 Å². The van der Waals surface area contributed by atoms with Gasteiger partial charge in [-0.15, -0.1) is 0 Å². The van der Waals surface area contributed by atoms with Gasteiger partial charge in [0.25, 0.3) is 5.56 Å². The molecule has 5 rings (SSSR count). The Hall–Kier alpha value is -3.19. The van der Waals surface area contributed by atoms with E-state index in [1.807, 2.05) is 38.5 Å². The maximum Gasteiger partial charge on any atom is 0.260 e. The van der Waals surface area contributed by atoms with Crippen molar-refractivity contribution in [1.82, 2.24) is 24.6 Å². The van der Waals surface area contributed by atoms with Gasteiger partial charge >= 0.3 is 0 Å². The average Bonchev–Trinajstić information content (AvgIpc) is 2.99. The summed E-state index contributed by atoms with van der Waals surface area (Å²) in [5.41, 5.74) is 3.37. The molecule has 0 bridgehead atoms. The third kappa shape index (κ3) is 2.35. The van der Waals surface area contributed by atoms with Gasteiger partial charge < -0.3 is 15.0 Å². The van der Waals surface area contributed by atoms with Crippen molar-refractivity contribution >= 4 is 21.8 Å². The highest BCUT2D eigenvalue weighted by Crippen LogP contribution is 2.36. The molecule has 1 fully saturated rings. The molecule has 4 heterocycles. The highest BCUT2D eigenvalue weighted by atomic mass is 16.3. The van der Waals surface area contributed by atoms with Gasteiger partial charge in [0.15, 0.2) is 0 Å². The number of phenols is 1. The van der Waals surface area contributed by atoms with Crippen LogP contribution in [0.15, 0.2) is 41.5 Å². The van der Waals surface area contributed by atoms with E-state index in [9.17, 15) is 9.90 Å². The van der Waals surface area contributed by atoms with Crippen molar-refractivity contribution in [3.05, 3.63) is 52.6 Å². The molecular formula is C20H19N5O2. The number of rotatable bonds is 2. The van der Waals surface area contributed by atoms with Crippen LogP contribution < -0.4 is 10.9 Å². The third-order valence-electron chi connectivity index (χ3n) is 5.33. The normalized spacial score (nSPS) is 14.7. The molecule has 3 aromatic heterocycles. The predicted molar refractivity (Wildman–Crippen MR) is 104 cm³/mol. The van der Waals surface area contributed by atoms with E-state index >= 15 is 0 Å². The lowest BCUT2D eigenvalue weighted by Gasteiger charge is -2.29. The molecule has 0 radical (unpaired) electrons. The fourth-order valence-corrected chi connectivity index (χ4v) is 3.69. The molecule has 4 aromatic rings. The molecule has 136 valence electrons. The molecule has 1 aromatic carbocycles. The minimum absolute atomic E-state index is 0.0267. The molecule has 7 nitrogen and oxygen atoms in total. The van der Waals surface area contributed by atoms with Crippen LogP contribution >= 0.6 is 0 Å². The topological polar surface area (TPSA) is 85.0 Å². The molecule has 1 aliphatic heterocycles. The summed E-state index contributed by atoms with van der Waals surface area (Å²) in [6.45, 7) is 3.48. The van der Waals surface area contributed by atoms with E-state index in [1.54, 1.807) is 21.4 Å². The van der Waals surface area contributed by atoms with Gasteiger partial charge in [0.1, 0.15) is 5.75 Å². The second kappa shape index (κ2) is 5.65. The van der Waals surface area contributed by atoms with Crippen LogP contribution in [0, 0.1) is 6.92 Å². The van der Waals surface area contributed by atoms with E-state index in [0.29, 0.717) is 22.2 Å². The van der Waals surface area contributed by atoms with Gasteiger partial charge in [-0.2, -0.15) is 5.10 Å². The summed E-state index contributed by atoms with van der Waals surface area (Å²) in [4.78, 5) is 17.4. The summed E-state index contributed by atoms with van der Waals surface area (Å²) in [6.07, 6.45) is 3.72. The molecule has 0 aliphatic carbocycles. The van der Waals surface area contributed by atoms with E-state index in [0.717, 1.165) is 29.6 Å². The molecule has 2 N–H and O–H groups in total. The van der Waals surface area contributed by atoms with Gasteiger partial charge in [-0.25, -0.2) is 4.98 Å². The molecule has 0 amide bonds. The molecule has 0 atom stereocenters. The number of benzene rings is 1. The first-order valence-electron chi connectivity index (χ1n) is 8.92. The fraction of sp³-hybridized carbons (Fsp3) is 0.250. The summed E-state index contributed by atoms with van der Waals surface area (Å²) in [6, 6.07) is 7.56. The van der Waals surface area contributed by atoms with Crippen molar-refractivity contribution in [3.63, 3.8) is 0 Å². The number of aryl methyl sites for hydroxylation is 2. The Kier molecular flexibility index (Phi) is 3.35. The van der Waals surface area contributed by atoms with Gasteiger partial charge in [0.2, 0.25) is 0 Å². The molecule has 1 aliphatic rings. The van der Waals surface area contributed by atoms with Gasteiger partial charge in [0.05, 0.1) is 28.2 Å². The lowest BCUT2D eigenvalue weighted by Crippen LogP contribution is -2.46. The van der Waals surface area contributed by atoms with Crippen molar-refractivity contribution in [2.45, 2.75) is 13.0 Å². The van der Waals surface area contributed by atoms with Crippen molar-refractivity contribution in [3.8, 4) is 17.0 Å². The van der Waals surface area contributed by atoms with Crippen LogP contribution in [0.4, 0.5) is 0 Å². The van der Waals surface area contributed by atoms with Crippen LogP contribution in [0.3, 0.4) is 0 Å². The summed E-state index contributed by atoms with van der Waals surface area (Å²) in [5, 5.41) is 19.8. The quantitative estimate of drug-likeness (QED) is 0.571. The van der Waals surface area contributed by atoms with Crippen LogP contribution in [0.5, 0.6) is 5.75 Å². The van der Waals surface area contributed by atoms with E-state index in [-0.39, 0.29) is 17.4 Å². The minimum Gasteiger partial charge on any atom is -0.507 e. The number of nitrogens with one attached hydrogen (secondary N) is 1. The number of hydrogen-bond acceptors (Lipinski definition) is 5. The first kappa shape index (κ1) is 16.0. The number of phenolic OH excluding ortho intramolecular Hbond substituents is 1. The SMILES string of the molecule is Cc1c(O)c(-c2ccc3c(=O)n(C4CNC4)ccc3n2)cc2cn(C)nc12. The molecule has 0 saturated carbocycles. The Bertz CT molecular complexity index is 1270. The highest BCUT2D eigenvalue weighted by molar-refractivity contribution is 5.91. The number of pyridine rings is 2. The van der Waals surface area contributed by atoms with Gasteiger partial charge in [-0.3, -0.25) is 9.48 Å². The predicted octanol–water partition coefficient (Wildman–Crippen LogP) is 2.11. The van der Waals surface area contributed by atoms with Crippen LogP contribution in [0.2, 0.25) is 0 Å². The molecule has 0 spiro atoms. The monoisotopic (exact) mass is 361 g/mol. The van der Waals surface area contributed by atoms with Gasteiger partial charge in [-0.05, 0) is 31.2 Å². The summed E-state index contributed by atoms with van der Waals surface area (Å²) in [5.74, 6) is 0.168. The molecule has 1 saturated heterocycles. The zero-order chi connectivity index (χ0) is 18.7. The van der Waals surface area contributed by atoms with Crippen molar-refractivity contribution in [2.24, 2.45) is 7.05 Å². The van der Waals surface area contributed by atoms with E-state index in [2.05, 4.69) is 15.4 Å². The zero-order valence-electron chi connectivity index (χ0n) is 15.1. The number of nitrogens with zero attached hydrogens (tertiary/aromatic N) is 4. The lowest BCUT2D eigenvalue weighted by molar-refractivity contribution is 0.337. The summed E-state index contributed by atoms with van der Waals surface area (Å²) < 4.78 is 3.50. The maximum atomic E-state index is 12.7. The average molecular weight is 361 g/mol. The number of aromatic hydroxyl groups is 1. The Morgan fingerprint density at radius 2 is 2.07 bits per heavy atom. The van der Waals surface area contributed by atoms with Crippen LogP contribution in [0.1, 0.15) is 11.6 Å². The fourth-order valence-electron chi connectivity index (χ4n) is 3.69. The second-order valence-corrected chi connectivity index (χ2v) is 7.11. The third-order valence-corrected chi connectivity index (χ3v) is 5.33. The Morgan fingerprint density at radius 1 is 1.26 bits per heavy atom. The molecular weight excluding hydrogens is 342 g/mol. The Balaban J connectivity index is 1.68. The smallest absolute Gasteiger partial charge is 0.260 e. The molecule has 27 heavy (non-hydrogen) atoms. The standard InChI is InChI=1S/C20H19N5O2/c1-11-18-12(10-24(2)23-18)7-15(19(11)26)16-4-3-14-17(22-16)5-6-25(20(14)27)13-8-21-9-13/h3-7,10,13,21,26H,8-9H2,1-2H3. The van der Waals surface area contributed by atoms with Gasteiger partial charge in [-0.1, -0.05) is 0 Å². The molecule has 7 heteroatoms. The number of hydrogen-bond donors (Lipinski definition) is 2. The van der Waals surface area contributed by atoms with E-state index in [4.69, 9.17) is 0 Å². The van der Waals surface area contributed by atoms with Gasteiger partial charge in [0, 0.05) is 49.0 Å². The first-order valence-corrected chi connectivity index (χ1v) is 8.92. The van der Waals surface area contributed by atoms with E-state index < -0.39 is 0 Å². The van der Waals surface area contributed by atoms with Crippen molar-refractivity contribution in [2.75, 3.05) is 13.1 Å². The van der Waals surface area contributed by atoms with E-state index in [1.165, 1.54) is 0 Å². The first-order chi connectivity index (χ1) is 13.0. The number of aromatic nitrogens is 4. The summed E-state index contributed by atoms with van der Waals surface area (Å²) >= 11 is 0. The maximum absolute atomic E-state index is 12.7.